The second-order valence-electron chi connectivity index (χ2n) is 7.28. The van der Waals surface area contributed by atoms with Crippen molar-refractivity contribution in [2.24, 2.45) is 5.73 Å². The number of aromatic nitrogens is 3. The van der Waals surface area contributed by atoms with Crippen LogP contribution in [0.25, 0.3) is 22.5 Å². The van der Waals surface area contributed by atoms with E-state index in [1.165, 1.54) is 0 Å². The van der Waals surface area contributed by atoms with Gasteiger partial charge in [-0.05, 0) is 17.7 Å². The van der Waals surface area contributed by atoms with Crippen LogP contribution in [0.4, 0.5) is 11.5 Å². The Kier molecular flexibility index (Phi) is 4.31. The van der Waals surface area contributed by atoms with Crippen LogP contribution in [0.5, 0.6) is 0 Å². The maximum absolute atomic E-state index is 11.7. The first-order valence-electron chi connectivity index (χ1n) is 9.70. The van der Waals surface area contributed by atoms with Crippen molar-refractivity contribution in [3.63, 3.8) is 0 Å². The zero-order valence-corrected chi connectivity index (χ0v) is 16.4. The van der Waals surface area contributed by atoms with Crippen LogP contribution < -0.4 is 16.0 Å². The van der Waals surface area contributed by atoms with Crippen LogP contribution in [-0.2, 0) is 13.0 Å². The van der Waals surface area contributed by atoms with Crippen LogP contribution in [0.1, 0.15) is 21.6 Å². The number of hydrogen-bond donors (Lipinski definition) is 2. The molecule has 2 aromatic carbocycles. The summed E-state index contributed by atoms with van der Waals surface area (Å²) in [6, 6.07) is 15.3. The smallest absolute Gasteiger partial charge is 0.251 e. The highest BCUT2D eigenvalue weighted by molar-refractivity contribution is 6.07. The van der Waals surface area contributed by atoms with E-state index >= 15 is 0 Å². The van der Waals surface area contributed by atoms with Gasteiger partial charge in [0.2, 0.25) is 11.6 Å². The molecular weight excluding hydrogens is 380 g/mol. The Hall–Kier alpha value is -3.94. The van der Waals surface area contributed by atoms with Crippen molar-refractivity contribution >= 4 is 28.3 Å². The quantitative estimate of drug-likeness (QED) is 0.530. The van der Waals surface area contributed by atoms with Crippen molar-refractivity contribution < 1.29 is 9.32 Å². The number of benzene rings is 2. The van der Waals surface area contributed by atoms with Crippen LogP contribution in [-0.4, -0.2) is 34.6 Å². The monoisotopic (exact) mass is 400 g/mol. The molecular formula is C22H20N6O2. The van der Waals surface area contributed by atoms with E-state index in [1.807, 2.05) is 31.3 Å². The fourth-order valence-electron chi connectivity index (χ4n) is 3.79. The number of primary amides is 1. The summed E-state index contributed by atoms with van der Waals surface area (Å²) in [6.07, 6.45) is 0.819. The summed E-state index contributed by atoms with van der Waals surface area (Å²) in [6.45, 7) is 1.51. The van der Waals surface area contributed by atoms with Gasteiger partial charge in [-0.15, -0.1) is 0 Å². The number of carbonyl (C=O) groups excluding carboxylic acids is 1. The summed E-state index contributed by atoms with van der Waals surface area (Å²) >= 11 is 0. The maximum Gasteiger partial charge on any atom is 0.251 e. The predicted octanol–water partition coefficient (Wildman–Crippen LogP) is 2.99. The minimum absolute atomic E-state index is 0.311. The van der Waals surface area contributed by atoms with Crippen molar-refractivity contribution in [2.45, 2.75) is 13.0 Å². The molecule has 0 saturated carbocycles. The summed E-state index contributed by atoms with van der Waals surface area (Å²) in [4.78, 5) is 23.4. The van der Waals surface area contributed by atoms with Crippen molar-refractivity contribution in [3.8, 4) is 11.6 Å². The van der Waals surface area contributed by atoms with Gasteiger partial charge in [-0.25, -0.2) is 9.97 Å². The lowest BCUT2D eigenvalue weighted by molar-refractivity contribution is 0.100. The first-order chi connectivity index (χ1) is 14.6. The topological polar surface area (TPSA) is 110 Å². The van der Waals surface area contributed by atoms with Gasteiger partial charge in [0.25, 0.3) is 5.91 Å². The van der Waals surface area contributed by atoms with Gasteiger partial charge in [0.05, 0.1) is 16.6 Å². The summed E-state index contributed by atoms with van der Waals surface area (Å²) < 4.78 is 5.57. The second kappa shape index (κ2) is 7.14. The number of fused-ring (bicyclic) bond motifs is 2. The molecule has 2 aromatic heterocycles. The molecule has 4 aromatic rings. The molecule has 8 nitrogen and oxygen atoms in total. The summed E-state index contributed by atoms with van der Waals surface area (Å²) in [5.74, 6) is 1.05. The van der Waals surface area contributed by atoms with Gasteiger partial charge in [0.15, 0.2) is 5.82 Å². The number of hydrogen-bond acceptors (Lipinski definition) is 7. The Labute approximate surface area is 172 Å². The van der Waals surface area contributed by atoms with E-state index in [0.29, 0.717) is 34.6 Å². The van der Waals surface area contributed by atoms with Crippen LogP contribution in [0.15, 0.2) is 53.1 Å². The molecule has 0 saturated heterocycles. The number of amides is 1. The molecule has 0 radical (unpaired) electrons. The van der Waals surface area contributed by atoms with Gasteiger partial charge >= 0.3 is 0 Å². The molecule has 1 amide bonds. The Morgan fingerprint density at radius 2 is 2.00 bits per heavy atom. The van der Waals surface area contributed by atoms with E-state index < -0.39 is 5.91 Å². The molecule has 0 spiro atoms. The fourth-order valence-corrected chi connectivity index (χ4v) is 3.79. The summed E-state index contributed by atoms with van der Waals surface area (Å²) in [5.41, 5.74) is 9.30. The van der Waals surface area contributed by atoms with E-state index in [0.717, 1.165) is 35.7 Å². The molecule has 1 aliphatic rings. The number of nitrogens with zero attached hydrogens (tertiary/aromatic N) is 4. The van der Waals surface area contributed by atoms with Crippen molar-refractivity contribution in [1.29, 1.82) is 0 Å². The predicted molar refractivity (Wildman–Crippen MR) is 114 cm³/mol. The number of nitrogens with one attached hydrogen (secondary N) is 1. The molecule has 1 aliphatic heterocycles. The van der Waals surface area contributed by atoms with E-state index in [4.69, 9.17) is 20.2 Å². The van der Waals surface area contributed by atoms with Crippen molar-refractivity contribution in [1.82, 2.24) is 15.1 Å². The number of carbonyl (C=O) groups is 1. The van der Waals surface area contributed by atoms with Gasteiger partial charge < -0.3 is 20.5 Å². The van der Waals surface area contributed by atoms with Crippen LogP contribution in [0.3, 0.4) is 0 Å². The third-order valence-electron chi connectivity index (χ3n) is 5.30. The fraction of sp³-hybridized carbons (Fsp3) is 0.182. The number of likely N-dealkylation sites (N-methyl/N-ethyl adjacent to an activating group) is 1. The lowest BCUT2D eigenvalue weighted by Gasteiger charge is -2.17. The molecule has 3 N–H and O–H groups in total. The molecule has 3 heterocycles. The highest BCUT2D eigenvalue weighted by Gasteiger charge is 2.26. The van der Waals surface area contributed by atoms with Gasteiger partial charge in [0, 0.05) is 26.6 Å². The third-order valence-corrected chi connectivity index (χ3v) is 5.30. The summed E-state index contributed by atoms with van der Waals surface area (Å²) in [5, 5.41) is 8.16. The highest BCUT2D eigenvalue weighted by atomic mass is 16.5. The lowest BCUT2D eigenvalue weighted by Crippen LogP contribution is -2.15. The highest BCUT2D eigenvalue weighted by Crippen LogP contribution is 2.36. The molecule has 0 atom stereocenters. The Bertz CT molecular complexity index is 1250. The van der Waals surface area contributed by atoms with Gasteiger partial charge in [-0.2, -0.15) is 0 Å². The van der Waals surface area contributed by atoms with Crippen molar-refractivity contribution in [2.75, 3.05) is 23.8 Å². The molecule has 0 fully saturated rings. The molecule has 150 valence electrons. The molecule has 30 heavy (non-hydrogen) atoms. The van der Waals surface area contributed by atoms with E-state index in [-0.39, 0.29) is 0 Å². The van der Waals surface area contributed by atoms with E-state index in [9.17, 15) is 4.79 Å². The average Bonchev–Trinajstić information content (AvgIpc) is 3.36. The van der Waals surface area contributed by atoms with E-state index in [2.05, 4.69) is 27.5 Å². The minimum Gasteiger partial charge on any atom is -0.370 e. The maximum atomic E-state index is 11.7. The third kappa shape index (κ3) is 3.02. The zero-order chi connectivity index (χ0) is 20.7. The Morgan fingerprint density at radius 1 is 1.17 bits per heavy atom. The molecule has 0 bridgehead atoms. The molecule has 5 rings (SSSR count). The van der Waals surface area contributed by atoms with Gasteiger partial charge in [0.1, 0.15) is 11.2 Å². The van der Waals surface area contributed by atoms with Crippen LogP contribution in [0, 0.1) is 0 Å². The Balaban J connectivity index is 1.59. The Morgan fingerprint density at radius 3 is 2.80 bits per heavy atom. The van der Waals surface area contributed by atoms with Gasteiger partial charge in [-0.1, -0.05) is 41.6 Å². The normalized spacial score (nSPS) is 12.9. The first kappa shape index (κ1) is 18.1. The first-order valence-corrected chi connectivity index (χ1v) is 9.70. The average molecular weight is 400 g/mol. The molecule has 0 aliphatic carbocycles. The number of rotatable bonds is 5. The van der Waals surface area contributed by atoms with Crippen LogP contribution in [0.2, 0.25) is 0 Å². The zero-order valence-electron chi connectivity index (χ0n) is 16.4. The van der Waals surface area contributed by atoms with Crippen molar-refractivity contribution in [3.05, 3.63) is 65.4 Å². The minimum atomic E-state index is -0.554. The van der Waals surface area contributed by atoms with Gasteiger partial charge in [-0.3, -0.25) is 4.79 Å². The lowest BCUT2D eigenvalue weighted by atomic mass is 10.1. The summed E-state index contributed by atoms with van der Waals surface area (Å²) in [7, 11) is 2.03. The number of anilines is 2. The van der Waals surface area contributed by atoms with E-state index in [1.54, 1.807) is 12.1 Å². The van der Waals surface area contributed by atoms with Crippen LogP contribution >= 0.6 is 0 Å². The molecule has 8 heteroatoms. The number of nitrogens with two attached hydrogens (primary N) is 1. The largest absolute Gasteiger partial charge is 0.370 e. The second-order valence-corrected chi connectivity index (χ2v) is 7.28. The standard InChI is InChI=1S/C22H20N6O2/c1-28-11-10-16-18(28)21(24-12-13-6-3-2-4-7-13)26-22(25-16)19-14-8-5-9-15(20(23)29)17(14)27-30-19/h2-9H,10-12H2,1H3,(H2,23,29)(H,24,25,26). The SMILES string of the molecule is CN1CCc2nc(-c3onc4c(C(N)=O)cccc34)nc(NCc3ccccc3)c21. The molecule has 0 unspecified atom stereocenters.